The summed E-state index contributed by atoms with van der Waals surface area (Å²) in [6, 6.07) is 0.370. The highest BCUT2D eigenvalue weighted by Gasteiger charge is 2.14. The minimum absolute atomic E-state index is 0.290. The summed E-state index contributed by atoms with van der Waals surface area (Å²) < 4.78 is 0. The van der Waals surface area contributed by atoms with Gasteiger partial charge in [-0.2, -0.15) is 0 Å². The molecule has 0 saturated carbocycles. The van der Waals surface area contributed by atoms with Gasteiger partial charge < -0.3 is 10.4 Å². The van der Waals surface area contributed by atoms with Gasteiger partial charge in [0.05, 0.1) is 6.61 Å². The van der Waals surface area contributed by atoms with Gasteiger partial charge in [-0.15, -0.1) is 0 Å². The lowest BCUT2D eigenvalue weighted by Gasteiger charge is -2.22. The SMILES string of the molecule is CN1CCNCCC1CO. The summed E-state index contributed by atoms with van der Waals surface area (Å²) in [5.41, 5.74) is 0. The lowest BCUT2D eigenvalue weighted by molar-refractivity contribution is 0.152. The first kappa shape index (κ1) is 7.98. The Bertz CT molecular complexity index is 97.6. The topological polar surface area (TPSA) is 35.5 Å². The number of aliphatic hydroxyl groups is 1. The Kier molecular flexibility index (Phi) is 3.12. The van der Waals surface area contributed by atoms with Crippen LogP contribution < -0.4 is 5.32 Å². The maximum absolute atomic E-state index is 8.92. The van der Waals surface area contributed by atoms with E-state index in [1.807, 2.05) is 0 Å². The Morgan fingerprint density at radius 2 is 2.40 bits per heavy atom. The first-order chi connectivity index (χ1) is 4.84. The summed E-state index contributed by atoms with van der Waals surface area (Å²) in [6.45, 7) is 3.42. The molecule has 2 N–H and O–H groups in total. The van der Waals surface area contributed by atoms with Crippen LogP contribution in [0.5, 0.6) is 0 Å². The van der Waals surface area contributed by atoms with Crippen LogP contribution in [0.2, 0.25) is 0 Å². The van der Waals surface area contributed by atoms with Crippen LogP contribution in [0, 0.1) is 0 Å². The Morgan fingerprint density at radius 3 is 3.10 bits per heavy atom. The fourth-order valence-electron chi connectivity index (χ4n) is 1.28. The standard InChI is InChI=1S/C7H16N2O/c1-9-5-4-8-3-2-7(9)6-10/h7-8,10H,2-6H2,1H3. The third-order valence-corrected chi connectivity index (χ3v) is 2.13. The molecule has 0 bridgehead atoms. The minimum Gasteiger partial charge on any atom is -0.395 e. The fourth-order valence-corrected chi connectivity index (χ4v) is 1.28. The lowest BCUT2D eigenvalue weighted by atomic mass is 10.2. The normalized spacial score (nSPS) is 30.0. The molecule has 1 saturated heterocycles. The van der Waals surface area contributed by atoms with E-state index in [1.165, 1.54) is 0 Å². The quantitative estimate of drug-likeness (QED) is 0.509. The molecule has 0 aliphatic carbocycles. The van der Waals surface area contributed by atoms with Gasteiger partial charge in [0.15, 0.2) is 0 Å². The lowest BCUT2D eigenvalue weighted by Crippen LogP contribution is -2.35. The van der Waals surface area contributed by atoms with Crippen molar-refractivity contribution in [2.75, 3.05) is 33.3 Å². The van der Waals surface area contributed by atoms with Crippen LogP contribution in [0.15, 0.2) is 0 Å². The van der Waals surface area contributed by atoms with Crippen LogP contribution >= 0.6 is 0 Å². The minimum atomic E-state index is 0.290. The number of hydrogen-bond acceptors (Lipinski definition) is 3. The van der Waals surface area contributed by atoms with Crippen molar-refractivity contribution in [2.45, 2.75) is 12.5 Å². The molecule has 3 nitrogen and oxygen atoms in total. The molecule has 3 heteroatoms. The van der Waals surface area contributed by atoms with Crippen molar-refractivity contribution in [1.29, 1.82) is 0 Å². The molecule has 0 radical (unpaired) electrons. The second-order valence-electron chi connectivity index (χ2n) is 2.86. The highest BCUT2D eigenvalue weighted by atomic mass is 16.3. The van der Waals surface area contributed by atoms with E-state index < -0.39 is 0 Å². The summed E-state index contributed by atoms with van der Waals surface area (Å²) in [5, 5.41) is 12.2. The zero-order chi connectivity index (χ0) is 7.40. The monoisotopic (exact) mass is 144 g/mol. The molecule has 10 heavy (non-hydrogen) atoms. The van der Waals surface area contributed by atoms with Crippen molar-refractivity contribution in [3.8, 4) is 0 Å². The molecule has 1 fully saturated rings. The Hall–Kier alpha value is -0.120. The van der Waals surface area contributed by atoms with Gasteiger partial charge in [0.25, 0.3) is 0 Å². The number of likely N-dealkylation sites (N-methyl/N-ethyl adjacent to an activating group) is 1. The van der Waals surface area contributed by atoms with E-state index in [-0.39, 0.29) is 6.61 Å². The van der Waals surface area contributed by atoms with Crippen LogP contribution in [0.3, 0.4) is 0 Å². The third-order valence-electron chi connectivity index (χ3n) is 2.13. The van der Waals surface area contributed by atoms with Gasteiger partial charge in [-0.05, 0) is 20.0 Å². The maximum Gasteiger partial charge on any atom is 0.0587 e. The molecule has 1 unspecified atom stereocenters. The molecule has 0 aromatic heterocycles. The van der Waals surface area contributed by atoms with Gasteiger partial charge in [-0.25, -0.2) is 0 Å². The molecule has 0 aromatic rings. The number of nitrogens with one attached hydrogen (secondary N) is 1. The van der Waals surface area contributed by atoms with Crippen LogP contribution in [0.25, 0.3) is 0 Å². The van der Waals surface area contributed by atoms with E-state index in [4.69, 9.17) is 5.11 Å². The fraction of sp³-hybridized carbons (Fsp3) is 1.00. The number of hydrogen-bond donors (Lipinski definition) is 2. The van der Waals surface area contributed by atoms with E-state index >= 15 is 0 Å². The van der Waals surface area contributed by atoms with Crippen molar-refractivity contribution in [3.05, 3.63) is 0 Å². The van der Waals surface area contributed by atoms with Crippen LogP contribution in [-0.4, -0.2) is 49.3 Å². The van der Waals surface area contributed by atoms with Crippen LogP contribution in [0.1, 0.15) is 6.42 Å². The molecule has 1 atom stereocenters. The average molecular weight is 144 g/mol. The predicted octanol–water partition coefficient (Wildman–Crippen LogP) is -0.728. The molecule has 1 aliphatic heterocycles. The van der Waals surface area contributed by atoms with E-state index in [1.54, 1.807) is 0 Å². The van der Waals surface area contributed by atoms with E-state index in [0.29, 0.717) is 6.04 Å². The number of nitrogens with zero attached hydrogens (tertiary/aromatic N) is 1. The van der Waals surface area contributed by atoms with E-state index in [0.717, 1.165) is 26.1 Å². The van der Waals surface area contributed by atoms with Crippen molar-refractivity contribution >= 4 is 0 Å². The average Bonchev–Trinajstić information content (AvgIpc) is 2.13. The second-order valence-corrected chi connectivity index (χ2v) is 2.86. The number of rotatable bonds is 1. The second kappa shape index (κ2) is 3.91. The summed E-state index contributed by atoms with van der Waals surface area (Å²) >= 11 is 0. The van der Waals surface area contributed by atoms with Crippen molar-refractivity contribution in [1.82, 2.24) is 10.2 Å². The Morgan fingerprint density at radius 1 is 1.60 bits per heavy atom. The molecule has 1 aliphatic rings. The molecule has 1 rings (SSSR count). The molecular weight excluding hydrogens is 128 g/mol. The van der Waals surface area contributed by atoms with E-state index in [9.17, 15) is 0 Å². The van der Waals surface area contributed by atoms with Gasteiger partial charge >= 0.3 is 0 Å². The van der Waals surface area contributed by atoms with Gasteiger partial charge in [0.1, 0.15) is 0 Å². The zero-order valence-electron chi connectivity index (χ0n) is 6.51. The molecule has 0 spiro atoms. The highest BCUT2D eigenvalue weighted by Crippen LogP contribution is 2.01. The Balaban J connectivity index is 2.35. The molecule has 1 heterocycles. The Labute approximate surface area is 62.0 Å². The molecule has 60 valence electrons. The van der Waals surface area contributed by atoms with Gasteiger partial charge in [-0.1, -0.05) is 0 Å². The largest absolute Gasteiger partial charge is 0.395 e. The summed E-state index contributed by atoms with van der Waals surface area (Å²) in [6.07, 6.45) is 1.06. The summed E-state index contributed by atoms with van der Waals surface area (Å²) in [5.74, 6) is 0. The van der Waals surface area contributed by atoms with Gasteiger partial charge in [-0.3, -0.25) is 4.90 Å². The molecule has 0 amide bonds. The highest BCUT2D eigenvalue weighted by molar-refractivity contribution is 4.73. The smallest absolute Gasteiger partial charge is 0.0587 e. The van der Waals surface area contributed by atoms with Crippen molar-refractivity contribution in [2.24, 2.45) is 0 Å². The van der Waals surface area contributed by atoms with Gasteiger partial charge in [0, 0.05) is 19.1 Å². The summed E-state index contributed by atoms with van der Waals surface area (Å²) in [7, 11) is 2.06. The van der Waals surface area contributed by atoms with Crippen LogP contribution in [-0.2, 0) is 0 Å². The number of aliphatic hydroxyl groups excluding tert-OH is 1. The first-order valence-corrected chi connectivity index (χ1v) is 3.86. The third kappa shape index (κ3) is 1.94. The van der Waals surface area contributed by atoms with Crippen molar-refractivity contribution in [3.63, 3.8) is 0 Å². The first-order valence-electron chi connectivity index (χ1n) is 3.86. The van der Waals surface area contributed by atoms with Crippen molar-refractivity contribution < 1.29 is 5.11 Å². The van der Waals surface area contributed by atoms with Crippen LogP contribution in [0.4, 0.5) is 0 Å². The summed E-state index contributed by atoms with van der Waals surface area (Å²) in [4.78, 5) is 2.21. The van der Waals surface area contributed by atoms with E-state index in [2.05, 4.69) is 17.3 Å². The molecular formula is C7H16N2O. The predicted molar refractivity (Wildman–Crippen MR) is 41.0 cm³/mol. The maximum atomic E-state index is 8.92. The van der Waals surface area contributed by atoms with Gasteiger partial charge in [0.2, 0.25) is 0 Å². The molecule has 0 aromatic carbocycles. The zero-order valence-corrected chi connectivity index (χ0v) is 6.51.